The van der Waals surface area contributed by atoms with Crippen LogP contribution in [0, 0.1) is 0 Å². The normalized spacial score (nSPS) is 11.6. The molecule has 1 heterocycles. The zero-order valence-electron chi connectivity index (χ0n) is 27.3. The quantitative estimate of drug-likeness (QED) is 0.167. The molecule has 0 bridgehead atoms. The molecule has 1 aromatic heterocycles. The monoisotopic (exact) mass is 653 g/mol. The van der Waals surface area contributed by atoms with Crippen molar-refractivity contribution in [3.05, 3.63) is 188 Å². The summed E-state index contributed by atoms with van der Waals surface area (Å²) in [4.78, 5) is 2.47. The Morgan fingerprint density at radius 2 is 0.940 bits per heavy atom. The first kappa shape index (κ1) is 28.8. The second-order valence-corrected chi connectivity index (χ2v) is 13.9. The highest BCUT2D eigenvalue weighted by atomic mass is 32.1. The van der Waals surface area contributed by atoms with Gasteiger partial charge in [0, 0.05) is 31.2 Å². The Balaban J connectivity index is 1.21. The Morgan fingerprint density at radius 1 is 0.340 bits per heavy atom. The van der Waals surface area contributed by atoms with Crippen LogP contribution in [0.3, 0.4) is 0 Å². The van der Waals surface area contributed by atoms with Gasteiger partial charge < -0.3 is 4.90 Å². The first-order valence-electron chi connectivity index (χ1n) is 17.1. The van der Waals surface area contributed by atoms with Gasteiger partial charge in [0.15, 0.2) is 0 Å². The van der Waals surface area contributed by atoms with Crippen molar-refractivity contribution in [2.45, 2.75) is 0 Å². The largest absolute Gasteiger partial charge is 0.309 e. The molecule has 0 unspecified atom stereocenters. The van der Waals surface area contributed by atoms with Gasteiger partial charge in [0.25, 0.3) is 0 Å². The molecule has 2 heteroatoms. The number of hydrogen-bond acceptors (Lipinski definition) is 2. The van der Waals surface area contributed by atoms with Crippen LogP contribution in [0.15, 0.2) is 188 Å². The summed E-state index contributed by atoms with van der Waals surface area (Å²) >= 11 is 1.86. The molecule has 10 rings (SSSR count). The zero-order chi connectivity index (χ0) is 33.0. The van der Waals surface area contributed by atoms with Gasteiger partial charge in [-0.15, -0.1) is 11.3 Å². The van der Waals surface area contributed by atoms with Gasteiger partial charge in [-0.2, -0.15) is 0 Å². The second-order valence-electron chi connectivity index (χ2n) is 12.9. The third kappa shape index (κ3) is 4.61. The number of anilines is 3. The van der Waals surface area contributed by atoms with Crippen LogP contribution < -0.4 is 4.90 Å². The molecule has 0 saturated heterocycles. The summed E-state index contributed by atoms with van der Waals surface area (Å²) in [5, 5.41) is 10.1. The van der Waals surface area contributed by atoms with Gasteiger partial charge in [-0.3, -0.25) is 0 Å². The molecule has 50 heavy (non-hydrogen) atoms. The van der Waals surface area contributed by atoms with Crippen molar-refractivity contribution in [3.63, 3.8) is 0 Å². The molecule has 1 nitrogen and oxygen atoms in total. The van der Waals surface area contributed by atoms with E-state index in [9.17, 15) is 0 Å². The minimum absolute atomic E-state index is 1.12. The van der Waals surface area contributed by atoms with Crippen LogP contribution in [-0.2, 0) is 0 Å². The van der Waals surface area contributed by atoms with E-state index in [4.69, 9.17) is 0 Å². The van der Waals surface area contributed by atoms with E-state index in [2.05, 4.69) is 193 Å². The van der Waals surface area contributed by atoms with E-state index < -0.39 is 0 Å². The van der Waals surface area contributed by atoms with Gasteiger partial charge >= 0.3 is 0 Å². The molecule has 0 atom stereocenters. The lowest BCUT2D eigenvalue weighted by atomic mass is 9.93. The van der Waals surface area contributed by atoms with E-state index in [0.717, 1.165) is 11.4 Å². The van der Waals surface area contributed by atoms with E-state index in [1.165, 1.54) is 80.4 Å². The van der Waals surface area contributed by atoms with Crippen LogP contribution in [0.1, 0.15) is 0 Å². The SMILES string of the molecule is c1ccc(-c2ccc(N(c3ccc(-c4cc5ccccc5c5ccccc45)cc3)c3cccc4sc5ccccc5c34)c3ccccc23)cc1. The lowest BCUT2D eigenvalue weighted by Gasteiger charge is -2.28. The number of hydrogen-bond donors (Lipinski definition) is 0. The Bertz CT molecular complexity index is 2870. The summed E-state index contributed by atoms with van der Waals surface area (Å²) in [7, 11) is 0. The molecule has 0 radical (unpaired) electrons. The van der Waals surface area contributed by atoms with E-state index in [1.807, 2.05) is 11.3 Å². The number of benzene rings is 9. The van der Waals surface area contributed by atoms with Crippen molar-refractivity contribution in [2.24, 2.45) is 0 Å². The fraction of sp³-hybridized carbons (Fsp3) is 0. The number of fused-ring (bicyclic) bond motifs is 7. The van der Waals surface area contributed by atoms with Gasteiger partial charge in [-0.05, 0) is 91.6 Å². The minimum atomic E-state index is 1.12. The predicted molar refractivity (Wildman–Crippen MR) is 217 cm³/mol. The molecule has 9 aromatic carbocycles. The maximum Gasteiger partial charge on any atom is 0.0555 e. The number of nitrogens with zero attached hydrogens (tertiary/aromatic N) is 1. The second kappa shape index (κ2) is 11.7. The molecule has 0 amide bonds. The number of thiophene rings is 1. The molecule has 10 aromatic rings. The number of rotatable bonds is 5. The van der Waals surface area contributed by atoms with Crippen LogP contribution in [0.25, 0.3) is 74.7 Å². The third-order valence-electron chi connectivity index (χ3n) is 10.1. The van der Waals surface area contributed by atoms with Gasteiger partial charge in [0.2, 0.25) is 0 Å². The molecule has 0 aliphatic carbocycles. The summed E-state index contributed by atoms with van der Waals surface area (Å²) in [6.45, 7) is 0. The predicted octanol–water partition coefficient (Wildman–Crippen LogP) is 14.3. The van der Waals surface area contributed by atoms with E-state index in [1.54, 1.807) is 0 Å². The molecule has 0 N–H and O–H groups in total. The molecular formula is C48H31NS. The van der Waals surface area contributed by atoms with Gasteiger partial charge in [-0.1, -0.05) is 146 Å². The first-order chi connectivity index (χ1) is 24.8. The van der Waals surface area contributed by atoms with Crippen molar-refractivity contribution in [3.8, 4) is 22.3 Å². The van der Waals surface area contributed by atoms with Gasteiger partial charge in [0.1, 0.15) is 0 Å². The van der Waals surface area contributed by atoms with Crippen molar-refractivity contribution < 1.29 is 0 Å². The smallest absolute Gasteiger partial charge is 0.0555 e. The molecule has 0 fully saturated rings. The fourth-order valence-corrected chi connectivity index (χ4v) is 8.91. The van der Waals surface area contributed by atoms with Gasteiger partial charge in [0.05, 0.1) is 11.4 Å². The average molecular weight is 654 g/mol. The highest BCUT2D eigenvalue weighted by molar-refractivity contribution is 7.26. The fourth-order valence-electron chi connectivity index (χ4n) is 7.78. The molecule has 234 valence electrons. The molecule has 0 aliphatic heterocycles. The average Bonchev–Trinajstić information content (AvgIpc) is 3.58. The summed E-state index contributed by atoms with van der Waals surface area (Å²) < 4.78 is 2.59. The zero-order valence-corrected chi connectivity index (χ0v) is 28.1. The van der Waals surface area contributed by atoms with Crippen LogP contribution in [-0.4, -0.2) is 0 Å². The first-order valence-corrected chi connectivity index (χ1v) is 17.9. The van der Waals surface area contributed by atoms with E-state index in [0.29, 0.717) is 0 Å². The summed E-state index contributed by atoms with van der Waals surface area (Å²) in [5.41, 5.74) is 8.38. The van der Waals surface area contributed by atoms with Crippen molar-refractivity contribution >= 4 is 80.9 Å². The van der Waals surface area contributed by atoms with Gasteiger partial charge in [-0.25, -0.2) is 0 Å². The molecule has 0 spiro atoms. The Kier molecular flexibility index (Phi) is 6.75. The topological polar surface area (TPSA) is 3.24 Å². The summed E-state index contributed by atoms with van der Waals surface area (Å²) in [6.07, 6.45) is 0. The Morgan fingerprint density at radius 3 is 1.74 bits per heavy atom. The Labute approximate surface area is 294 Å². The van der Waals surface area contributed by atoms with Crippen LogP contribution in [0.5, 0.6) is 0 Å². The van der Waals surface area contributed by atoms with Crippen LogP contribution >= 0.6 is 11.3 Å². The van der Waals surface area contributed by atoms with E-state index in [-0.39, 0.29) is 0 Å². The highest BCUT2D eigenvalue weighted by Crippen LogP contribution is 2.48. The van der Waals surface area contributed by atoms with Crippen LogP contribution in [0.2, 0.25) is 0 Å². The van der Waals surface area contributed by atoms with Crippen LogP contribution in [0.4, 0.5) is 17.1 Å². The van der Waals surface area contributed by atoms with Crippen molar-refractivity contribution in [1.82, 2.24) is 0 Å². The van der Waals surface area contributed by atoms with E-state index >= 15 is 0 Å². The highest BCUT2D eigenvalue weighted by Gasteiger charge is 2.21. The lowest BCUT2D eigenvalue weighted by molar-refractivity contribution is 1.32. The minimum Gasteiger partial charge on any atom is -0.309 e. The molecule has 0 aliphatic rings. The van der Waals surface area contributed by atoms with Crippen molar-refractivity contribution in [1.29, 1.82) is 0 Å². The Hall–Kier alpha value is -6.22. The van der Waals surface area contributed by atoms with Crippen molar-refractivity contribution in [2.75, 3.05) is 4.90 Å². The lowest BCUT2D eigenvalue weighted by Crippen LogP contribution is -2.11. The third-order valence-corrected chi connectivity index (χ3v) is 11.2. The summed E-state index contributed by atoms with van der Waals surface area (Å²) in [5.74, 6) is 0. The summed E-state index contributed by atoms with van der Waals surface area (Å²) in [6, 6.07) is 68.7. The standard InChI is InChI=1S/C48H31NS/c1-2-13-32(14-3-1)37-29-30-44(41-20-9-8-18-39(37)41)49(45-22-12-24-47-48(45)42-21-10-11-23-46(42)50-47)35-27-25-33(26-28-35)43-31-34-15-4-5-16-36(34)38-17-6-7-19-40(38)43/h1-31H. The molecule has 0 saturated carbocycles. The molecular weight excluding hydrogens is 623 g/mol. The maximum atomic E-state index is 2.47. The maximum absolute atomic E-state index is 2.47.